The second-order valence-electron chi connectivity index (χ2n) is 3.59. The van der Waals surface area contributed by atoms with Crippen LogP contribution in [0.15, 0.2) is 24.3 Å². The molecule has 0 saturated carbocycles. The molecule has 6 heteroatoms. The van der Waals surface area contributed by atoms with Gasteiger partial charge in [-0.3, -0.25) is 15.0 Å². The van der Waals surface area contributed by atoms with Crippen molar-refractivity contribution in [2.75, 3.05) is 7.05 Å². The van der Waals surface area contributed by atoms with Gasteiger partial charge in [-0.05, 0) is 13.0 Å². The maximum absolute atomic E-state index is 13.5. The van der Waals surface area contributed by atoms with E-state index in [-0.39, 0.29) is 0 Å². The van der Waals surface area contributed by atoms with Gasteiger partial charge < -0.3 is 4.90 Å². The average Bonchev–Trinajstić information content (AvgIpc) is 2.35. The largest absolute Gasteiger partial charge is 0.331 e. The zero-order chi connectivity index (χ0) is 13.0. The third-order valence-corrected chi connectivity index (χ3v) is 2.58. The zero-order valence-electron chi connectivity index (χ0n) is 9.61. The topological polar surface area (TPSA) is 75.4 Å². The third-order valence-electron chi connectivity index (χ3n) is 2.58. The number of hydrazine groups is 1. The molecule has 1 aromatic carbocycles. The summed E-state index contributed by atoms with van der Waals surface area (Å²) in [6, 6.07) is 5.52. The normalized spacial score (nSPS) is 11.8. The molecule has 0 aromatic heterocycles. The lowest BCUT2D eigenvalue weighted by molar-refractivity contribution is -0.146. The molecule has 0 radical (unpaired) electrons. The van der Waals surface area contributed by atoms with Crippen LogP contribution in [0.2, 0.25) is 0 Å². The van der Waals surface area contributed by atoms with Crippen LogP contribution >= 0.6 is 0 Å². The maximum Gasteiger partial charge on any atom is 0.323 e. The zero-order valence-corrected chi connectivity index (χ0v) is 9.61. The van der Waals surface area contributed by atoms with Crippen LogP contribution in [0, 0.1) is 5.82 Å². The number of nitrogens with one attached hydrogen (secondary N) is 1. The van der Waals surface area contributed by atoms with E-state index >= 15 is 0 Å². The van der Waals surface area contributed by atoms with E-state index in [2.05, 4.69) is 0 Å². The van der Waals surface area contributed by atoms with Crippen LogP contribution in [-0.4, -0.2) is 23.8 Å². The highest BCUT2D eigenvalue weighted by Gasteiger charge is 2.24. The van der Waals surface area contributed by atoms with Crippen LogP contribution in [-0.2, 0) is 9.59 Å². The lowest BCUT2D eigenvalue weighted by atomic mass is 10.1. The second kappa shape index (κ2) is 5.40. The van der Waals surface area contributed by atoms with Gasteiger partial charge in [0.1, 0.15) is 5.82 Å². The Hall–Kier alpha value is -1.95. The number of carbonyl (C=O) groups is 2. The first-order chi connectivity index (χ1) is 7.99. The monoisotopic (exact) mass is 239 g/mol. The molecule has 0 aliphatic carbocycles. The smallest absolute Gasteiger partial charge is 0.323 e. The summed E-state index contributed by atoms with van der Waals surface area (Å²) >= 11 is 0. The van der Waals surface area contributed by atoms with E-state index in [9.17, 15) is 14.0 Å². The minimum absolute atomic E-state index is 0.341. The minimum Gasteiger partial charge on any atom is -0.331 e. The van der Waals surface area contributed by atoms with Gasteiger partial charge in [0.05, 0.1) is 6.04 Å². The van der Waals surface area contributed by atoms with Crippen LogP contribution < -0.4 is 11.3 Å². The van der Waals surface area contributed by atoms with Crippen LogP contribution in [0.3, 0.4) is 0 Å². The Bertz CT molecular complexity index is 436. The van der Waals surface area contributed by atoms with Gasteiger partial charge >= 0.3 is 11.8 Å². The Kier molecular flexibility index (Phi) is 4.17. The highest BCUT2D eigenvalue weighted by atomic mass is 19.1. The molecule has 1 aromatic rings. The maximum atomic E-state index is 13.5. The molecule has 2 amide bonds. The van der Waals surface area contributed by atoms with Crippen molar-refractivity contribution in [1.82, 2.24) is 10.3 Å². The van der Waals surface area contributed by atoms with Crippen molar-refractivity contribution in [3.63, 3.8) is 0 Å². The van der Waals surface area contributed by atoms with E-state index in [1.807, 2.05) is 0 Å². The van der Waals surface area contributed by atoms with Gasteiger partial charge in [0.25, 0.3) is 0 Å². The number of likely N-dealkylation sites (N-methyl/N-ethyl adjacent to an activating group) is 1. The number of halogens is 1. The summed E-state index contributed by atoms with van der Waals surface area (Å²) in [6.07, 6.45) is 0. The van der Waals surface area contributed by atoms with Gasteiger partial charge in [-0.2, -0.15) is 0 Å². The van der Waals surface area contributed by atoms with Gasteiger partial charge in [0, 0.05) is 12.6 Å². The average molecular weight is 239 g/mol. The molecular weight excluding hydrogens is 225 g/mol. The Morgan fingerprint density at radius 3 is 2.53 bits per heavy atom. The Labute approximate surface area is 98.4 Å². The fourth-order valence-corrected chi connectivity index (χ4v) is 1.42. The summed E-state index contributed by atoms with van der Waals surface area (Å²) < 4.78 is 13.5. The molecule has 0 heterocycles. The molecule has 0 saturated heterocycles. The van der Waals surface area contributed by atoms with E-state index in [1.54, 1.807) is 30.5 Å². The predicted molar refractivity (Wildman–Crippen MR) is 59.9 cm³/mol. The lowest BCUT2D eigenvalue weighted by Crippen LogP contribution is -2.44. The van der Waals surface area contributed by atoms with E-state index in [0.717, 1.165) is 4.90 Å². The molecule has 1 atom stereocenters. The number of amides is 2. The van der Waals surface area contributed by atoms with Crippen molar-refractivity contribution in [3.8, 4) is 0 Å². The Morgan fingerprint density at radius 1 is 1.41 bits per heavy atom. The number of benzene rings is 1. The minimum atomic E-state index is -0.935. The number of rotatable bonds is 2. The van der Waals surface area contributed by atoms with Crippen LogP contribution in [0.25, 0.3) is 0 Å². The molecule has 0 aliphatic rings. The summed E-state index contributed by atoms with van der Waals surface area (Å²) in [5.41, 5.74) is 2.08. The fraction of sp³-hybridized carbons (Fsp3) is 0.273. The molecule has 92 valence electrons. The first-order valence-corrected chi connectivity index (χ1v) is 5.01. The highest BCUT2D eigenvalue weighted by molar-refractivity contribution is 6.34. The fourth-order valence-electron chi connectivity index (χ4n) is 1.42. The van der Waals surface area contributed by atoms with E-state index in [0.29, 0.717) is 5.56 Å². The summed E-state index contributed by atoms with van der Waals surface area (Å²) in [5.74, 6) is 2.68. The molecule has 0 fully saturated rings. The van der Waals surface area contributed by atoms with Gasteiger partial charge in [-0.15, -0.1) is 0 Å². The summed E-state index contributed by atoms with van der Waals surface area (Å²) in [5, 5.41) is 0. The lowest BCUT2D eigenvalue weighted by Gasteiger charge is -2.24. The summed E-state index contributed by atoms with van der Waals surface area (Å²) in [7, 11) is 1.41. The molecule has 5 nitrogen and oxygen atoms in total. The number of nitrogens with zero attached hydrogens (tertiary/aromatic N) is 1. The first kappa shape index (κ1) is 13.1. The Morgan fingerprint density at radius 2 is 2.00 bits per heavy atom. The second-order valence-corrected chi connectivity index (χ2v) is 3.59. The van der Waals surface area contributed by atoms with Crippen molar-refractivity contribution in [3.05, 3.63) is 35.6 Å². The van der Waals surface area contributed by atoms with Crippen molar-refractivity contribution >= 4 is 11.8 Å². The van der Waals surface area contributed by atoms with Gasteiger partial charge in [0.2, 0.25) is 0 Å². The third kappa shape index (κ3) is 2.79. The van der Waals surface area contributed by atoms with Crippen molar-refractivity contribution in [2.45, 2.75) is 13.0 Å². The summed E-state index contributed by atoms with van der Waals surface area (Å²) in [4.78, 5) is 23.7. The first-order valence-electron chi connectivity index (χ1n) is 5.01. The van der Waals surface area contributed by atoms with Crippen molar-refractivity contribution in [1.29, 1.82) is 0 Å². The number of hydrogen-bond donors (Lipinski definition) is 2. The van der Waals surface area contributed by atoms with Crippen LogP contribution in [0.5, 0.6) is 0 Å². The molecule has 1 unspecified atom stereocenters. The Balaban J connectivity index is 2.91. The van der Waals surface area contributed by atoms with E-state index in [4.69, 9.17) is 5.84 Å². The van der Waals surface area contributed by atoms with E-state index in [1.165, 1.54) is 13.1 Å². The number of hydrogen-bond acceptors (Lipinski definition) is 3. The highest BCUT2D eigenvalue weighted by Crippen LogP contribution is 2.21. The number of nitrogens with two attached hydrogens (primary N) is 1. The van der Waals surface area contributed by atoms with Crippen LogP contribution in [0.4, 0.5) is 4.39 Å². The van der Waals surface area contributed by atoms with Gasteiger partial charge in [0.15, 0.2) is 0 Å². The standard InChI is InChI=1S/C11H14FN3O2/c1-7(8-5-3-4-6-9(8)12)15(2)11(17)10(16)14-13/h3-7H,13H2,1-2H3,(H,14,16). The molecule has 0 aliphatic heterocycles. The van der Waals surface area contributed by atoms with Crippen LogP contribution in [0.1, 0.15) is 18.5 Å². The van der Waals surface area contributed by atoms with Gasteiger partial charge in [-0.1, -0.05) is 18.2 Å². The molecule has 0 bridgehead atoms. The van der Waals surface area contributed by atoms with Crippen molar-refractivity contribution < 1.29 is 14.0 Å². The van der Waals surface area contributed by atoms with Crippen molar-refractivity contribution in [2.24, 2.45) is 5.84 Å². The predicted octanol–water partition coefficient (Wildman–Crippen LogP) is 0.335. The molecule has 3 N–H and O–H groups in total. The molecule has 0 spiro atoms. The van der Waals surface area contributed by atoms with E-state index < -0.39 is 23.7 Å². The molecule has 17 heavy (non-hydrogen) atoms. The summed E-state index contributed by atoms with van der Waals surface area (Å²) in [6.45, 7) is 1.63. The molecular formula is C11H14FN3O2. The van der Waals surface area contributed by atoms with Gasteiger partial charge in [-0.25, -0.2) is 10.2 Å². The molecule has 1 rings (SSSR count). The number of carbonyl (C=O) groups excluding carboxylic acids is 2. The quantitative estimate of drug-likeness (QED) is 0.338. The SMILES string of the molecule is CC(c1ccccc1F)N(C)C(=O)C(=O)NN.